The Morgan fingerprint density at radius 3 is 2.71 bits per heavy atom. The molecule has 2 heterocycles. The zero-order valence-corrected chi connectivity index (χ0v) is 12.2. The van der Waals surface area contributed by atoms with Gasteiger partial charge in [-0.2, -0.15) is 5.01 Å². The smallest absolute Gasteiger partial charge is 0.268 e. The van der Waals surface area contributed by atoms with E-state index < -0.39 is 4.87 Å². The number of hydrogen-bond donors (Lipinski definition) is 2. The molecule has 7 nitrogen and oxygen atoms in total. The summed E-state index contributed by atoms with van der Waals surface area (Å²) >= 11 is 1.05. The normalized spacial score (nSPS) is 22.9. The zero-order chi connectivity index (χ0) is 15.2. The van der Waals surface area contributed by atoms with Gasteiger partial charge in [0.05, 0.1) is 0 Å². The third kappa shape index (κ3) is 1.90. The van der Waals surface area contributed by atoms with Gasteiger partial charge in [0.15, 0.2) is 5.17 Å². The Bertz CT molecular complexity index is 702. The van der Waals surface area contributed by atoms with Crippen LogP contribution < -0.4 is 10.6 Å². The van der Waals surface area contributed by atoms with Crippen LogP contribution in [0.1, 0.15) is 19.4 Å². The highest BCUT2D eigenvalue weighted by atomic mass is 32.2. The lowest BCUT2D eigenvalue weighted by Crippen LogP contribution is -2.45. The first kappa shape index (κ1) is 13.6. The second kappa shape index (κ2) is 4.59. The number of thioether (sulfide) groups is 1. The van der Waals surface area contributed by atoms with E-state index in [1.165, 1.54) is 13.8 Å². The van der Waals surface area contributed by atoms with Gasteiger partial charge in [-0.15, -0.1) is 5.10 Å². The average Bonchev–Trinajstić information content (AvgIpc) is 2.91. The highest BCUT2D eigenvalue weighted by molar-refractivity contribution is 8.15. The fraction of sp³-hybridized carbons (Fsp3) is 0.231. The number of nitrogens with one attached hydrogen (secondary N) is 2. The van der Waals surface area contributed by atoms with Crippen molar-refractivity contribution in [3.05, 3.63) is 29.8 Å². The molecule has 1 aromatic carbocycles. The topological polar surface area (TPSA) is 90.9 Å². The maximum atomic E-state index is 12.5. The molecule has 108 valence electrons. The number of hydrazone groups is 1. The standard InChI is InChI=1S/C13H12N4O3S/c1-7(18)14-12-16-17(8(2)19)13(21-12)9-5-3-4-6-10(9)15-11(13)20/h3-6H,1-2H3,(H,15,20)(H,14,16,18). The Hall–Kier alpha value is -2.35. The SMILES string of the molecule is CC(=O)NC1=NN(C(C)=O)C2(S1)C(=O)Nc1ccccc12. The summed E-state index contributed by atoms with van der Waals surface area (Å²) in [5, 5.41) is 10.7. The molecule has 2 aliphatic rings. The van der Waals surface area contributed by atoms with Crippen LogP contribution in [-0.2, 0) is 19.3 Å². The number of carbonyl (C=O) groups is 3. The fourth-order valence-corrected chi connectivity index (χ4v) is 3.67. The number of nitrogens with zero attached hydrogens (tertiary/aromatic N) is 2. The Kier molecular flexibility index (Phi) is 2.98. The van der Waals surface area contributed by atoms with Gasteiger partial charge in [0.2, 0.25) is 16.7 Å². The van der Waals surface area contributed by atoms with Crippen molar-refractivity contribution in [3.63, 3.8) is 0 Å². The van der Waals surface area contributed by atoms with Crippen LogP contribution in [0, 0.1) is 0 Å². The number of anilines is 1. The lowest BCUT2D eigenvalue weighted by Gasteiger charge is -2.28. The number of para-hydroxylation sites is 1. The van der Waals surface area contributed by atoms with Crippen molar-refractivity contribution >= 4 is 40.3 Å². The Morgan fingerprint density at radius 1 is 1.33 bits per heavy atom. The molecule has 0 fully saturated rings. The van der Waals surface area contributed by atoms with Gasteiger partial charge in [0.1, 0.15) is 0 Å². The van der Waals surface area contributed by atoms with E-state index in [0.717, 1.165) is 16.8 Å². The lowest BCUT2D eigenvalue weighted by molar-refractivity contribution is -0.138. The molecule has 3 amide bonds. The molecule has 0 saturated heterocycles. The first-order valence-electron chi connectivity index (χ1n) is 6.22. The number of amides is 3. The maximum Gasteiger partial charge on any atom is 0.268 e. The highest BCUT2D eigenvalue weighted by Gasteiger charge is 2.58. The average molecular weight is 304 g/mol. The van der Waals surface area contributed by atoms with Gasteiger partial charge in [-0.1, -0.05) is 18.2 Å². The molecule has 2 aliphatic heterocycles. The summed E-state index contributed by atoms with van der Waals surface area (Å²) in [6.07, 6.45) is 0. The van der Waals surface area contributed by atoms with Crippen LogP contribution in [0.15, 0.2) is 29.4 Å². The summed E-state index contributed by atoms with van der Waals surface area (Å²) < 4.78 is 0. The second-order valence-electron chi connectivity index (χ2n) is 4.66. The number of hydrogen-bond acceptors (Lipinski definition) is 5. The van der Waals surface area contributed by atoms with Crippen molar-refractivity contribution in [1.29, 1.82) is 0 Å². The summed E-state index contributed by atoms with van der Waals surface area (Å²) in [4.78, 5) is 34.3. The first-order valence-corrected chi connectivity index (χ1v) is 7.04. The third-order valence-corrected chi connectivity index (χ3v) is 4.41. The van der Waals surface area contributed by atoms with Crippen LogP contribution >= 0.6 is 11.8 Å². The number of rotatable bonds is 0. The zero-order valence-electron chi connectivity index (χ0n) is 11.3. The molecule has 0 radical (unpaired) electrons. The van der Waals surface area contributed by atoms with Crippen LogP contribution in [0.5, 0.6) is 0 Å². The van der Waals surface area contributed by atoms with Crippen molar-refractivity contribution in [2.75, 3.05) is 5.32 Å². The molecule has 0 aromatic heterocycles. The second-order valence-corrected chi connectivity index (χ2v) is 5.84. The number of benzene rings is 1. The Morgan fingerprint density at radius 2 is 2.05 bits per heavy atom. The molecule has 1 aromatic rings. The van der Waals surface area contributed by atoms with E-state index in [4.69, 9.17) is 0 Å². The van der Waals surface area contributed by atoms with E-state index in [1.54, 1.807) is 24.3 Å². The van der Waals surface area contributed by atoms with Crippen molar-refractivity contribution in [2.24, 2.45) is 5.10 Å². The van der Waals surface area contributed by atoms with E-state index in [2.05, 4.69) is 15.7 Å². The van der Waals surface area contributed by atoms with Crippen LogP contribution in [0.4, 0.5) is 5.69 Å². The number of carbonyl (C=O) groups excluding carboxylic acids is 3. The van der Waals surface area contributed by atoms with E-state index in [1.807, 2.05) is 0 Å². The Labute approximate surface area is 124 Å². The lowest BCUT2D eigenvalue weighted by atomic mass is 10.1. The molecule has 1 atom stereocenters. The molecule has 8 heteroatoms. The fourth-order valence-electron chi connectivity index (χ4n) is 2.39. The summed E-state index contributed by atoms with van der Waals surface area (Å²) in [7, 11) is 0. The molecule has 0 saturated carbocycles. The van der Waals surface area contributed by atoms with E-state index in [9.17, 15) is 14.4 Å². The van der Waals surface area contributed by atoms with Gasteiger partial charge in [0.25, 0.3) is 5.91 Å². The van der Waals surface area contributed by atoms with Crippen LogP contribution in [-0.4, -0.2) is 27.9 Å². The minimum absolute atomic E-state index is 0.226. The highest BCUT2D eigenvalue weighted by Crippen LogP contribution is 2.51. The van der Waals surface area contributed by atoms with Gasteiger partial charge < -0.3 is 10.6 Å². The predicted octanol–water partition coefficient (Wildman–Crippen LogP) is 0.794. The molecule has 1 spiro atoms. The molecular weight excluding hydrogens is 292 g/mol. The van der Waals surface area contributed by atoms with Gasteiger partial charge in [0, 0.05) is 25.1 Å². The van der Waals surface area contributed by atoms with Gasteiger partial charge in [-0.05, 0) is 17.8 Å². The van der Waals surface area contributed by atoms with Crippen LogP contribution in [0.2, 0.25) is 0 Å². The molecule has 1 unspecified atom stereocenters. The molecule has 0 bridgehead atoms. The third-order valence-electron chi connectivity index (χ3n) is 3.16. The quantitative estimate of drug-likeness (QED) is 0.741. The first-order chi connectivity index (χ1) is 9.95. The predicted molar refractivity (Wildman–Crippen MR) is 78.1 cm³/mol. The van der Waals surface area contributed by atoms with Crippen molar-refractivity contribution in [2.45, 2.75) is 18.7 Å². The molecule has 2 N–H and O–H groups in total. The largest absolute Gasteiger partial charge is 0.322 e. The van der Waals surface area contributed by atoms with Gasteiger partial charge in [-0.3, -0.25) is 14.4 Å². The van der Waals surface area contributed by atoms with E-state index >= 15 is 0 Å². The van der Waals surface area contributed by atoms with Gasteiger partial charge in [-0.25, -0.2) is 0 Å². The van der Waals surface area contributed by atoms with E-state index in [-0.39, 0.29) is 22.9 Å². The van der Waals surface area contributed by atoms with Crippen LogP contribution in [0.25, 0.3) is 0 Å². The van der Waals surface area contributed by atoms with Crippen molar-refractivity contribution in [1.82, 2.24) is 10.3 Å². The van der Waals surface area contributed by atoms with Crippen molar-refractivity contribution in [3.8, 4) is 0 Å². The number of fused-ring (bicyclic) bond motifs is 2. The minimum atomic E-state index is -1.29. The summed E-state index contributed by atoms with van der Waals surface area (Å²) in [6, 6.07) is 7.11. The maximum absolute atomic E-state index is 12.5. The molecular formula is C13H12N4O3S. The van der Waals surface area contributed by atoms with Crippen molar-refractivity contribution < 1.29 is 14.4 Å². The summed E-state index contributed by atoms with van der Waals surface area (Å²) in [6.45, 7) is 2.67. The Balaban J connectivity index is 2.11. The summed E-state index contributed by atoms with van der Waals surface area (Å²) in [5.74, 6) is -1.05. The monoisotopic (exact) mass is 304 g/mol. The minimum Gasteiger partial charge on any atom is -0.322 e. The summed E-state index contributed by atoms with van der Waals surface area (Å²) in [5.41, 5.74) is 1.29. The molecule has 21 heavy (non-hydrogen) atoms. The number of amidine groups is 1. The molecule has 0 aliphatic carbocycles. The van der Waals surface area contributed by atoms with Crippen LogP contribution in [0.3, 0.4) is 0 Å². The molecule has 3 rings (SSSR count). The van der Waals surface area contributed by atoms with E-state index in [0.29, 0.717) is 11.3 Å². The van der Waals surface area contributed by atoms with Gasteiger partial charge >= 0.3 is 0 Å².